The van der Waals surface area contributed by atoms with Crippen LogP contribution in [0.4, 0.5) is 0 Å². The van der Waals surface area contributed by atoms with Crippen LogP contribution in [0.15, 0.2) is 203 Å². The molecule has 3 aromatic heterocycles. The van der Waals surface area contributed by atoms with Gasteiger partial charge in [0.05, 0.1) is 11.4 Å². The lowest BCUT2D eigenvalue weighted by Gasteiger charge is -2.12. The first-order valence-corrected chi connectivity index (χ1v) is 18.8. The fourth-order valence-corrected chi connectivity index (χ4v) is 7.98. The molecule has 0 radical (unpaired) electrons. The van der Waals surface area contributed by atoms with Crippen molar-refractivity contribution in [3.8, 4) is 67.3 Å². The standard InChI is InChI=1S/C52H32N2O2/c1-3-12-33(13-4-1)34-22-28-38(29-23-34)52-53-45(36-14-5-2-6-15-36)32-46(54-52)37-26-24-35(25-27-37)39-30-31-43(51-49(39)44-17-8-10-21-48(44)56-51)42-19-11-18-41-40-16-7-9-20-47(40)55-50(41)42/h1-32H. The van der Waals surface area contributed by atoms with E-state index in [1.165, 1.54) is 5.56 Å². The molecule has 0 bridgehead atoms. The fourth-order valence-electron chi connectivity index (χ4n) is 7.98. The average Bonchev–Trinajstić information content (AvgIpc) is 3.86. The lowest BCUT2D eigenvalue weighted by atomic mass is 9.93. The van der Waals surface area contributed by atoms with Gasteiger partial charge in [0.25, 0.3) is 0 Å². The van der Waals surface area contributed by atoms with E-state index >= 15 is 0 Å². The minimum absolute atomic E-state index is 0.687. The Labute approximate surface area is 323 Å². The van der Waals surface area contributed by atoms with Gasteiger partial charge < -0.3 is 8.83 Å². The summed E-state index contributed by atoms with van der Waals surface area (Å²) in [6.07, 6.45) is 0. The molecule has 4 nitrogen and oxygen atoms in total. The Morgan fingerprint density at radius 3 is 1.52 bits per heavy atom. The molecule has 262 valence electrons. The highest BCUT2D eigenvalue weighted by atomic mass is 16.3. The van der Waals surface area contributed by atoms with Gasteiger partial charge >= 0.3 is 0 Å². The van der Waals surface area contributed by atoms with E-state index in [9.17, 15) is 0 Å². The summed E-state index contributed by atoms with van der Waals surface area (Å²) in [5, 5.41) is 4.35. The van der Waals surface area contributed by atoms with Gasteiger partial charge in [0, 0.05) is 49.4 Å². The quantitative estimate of drug-likeness (QED) is 0.172. The number of benzene rings is 8. The van der Waals surface area contributed by atoms with Crippen LogP contribution in [-0.2, 0) is 0 Å². The van der Waals surface area contributed by atoms with E-state index in [2.05, 4.69) is 146 Å². The van der Waals surface area contributed by atoms with Crippen LogP contribution in [-0.4, -0.2) is 9.97 Å². The molecule has 0 spiro atoms. The summed E-state index contributed by atoms with van der Waals surface area (Å²) in [5.41, 5.74) is 14.7. The number of rotatable bonds is 6. The fraction of sp³-hybridized carbons (Fsp3) is 0. The number of fused-ring (bicyclic) bond motifs is 6. The molecule has 8 aromatic carbocycles. The van der Waals surface area contributed by atoms with E-state index in [1.54, 1.807) is 0 Å². The summed E-state index contributed by atoms with van der Waals surface area (Å²) in [6, 6.07) is 67.2. The molecule has 0 aliphatic heterocycles. The Balaban J connectivity index is 1.02. The van der Waals surface area contributed by atoms with Gasteiger partial charge in [-0.3, -0.25) is 0 Å². The zero-order valence-corrected chi connectivity index (χ0v) is 30.2. The second-order valence-electron chi connectivity index (χ2n) is 14.1. The molecule has 0 aliphatic carbocycles. The minimum atomic E-state index is 0.687. The first-order valence-electron chi connectivity index (χ1n) is 18.8. The van der Waals surface area contributed by atoms with Crippen molar-refractivity contribution in [2.24, 2.45) is 0 Å². The van der Waals surface area contributed by atoms with Gasteiger partial charge in [-0.15, -0.1) is 0 Å². The molecule has 0 unspecified atom stereocenters. The van der Waals surface area contributed by atoms with Crippen molar-refractivity contribution in [3.05, 3.63) is 194 Å². The van der Waals surface area contributed by atoms with E-state index in [4.69, 9.17) is 18.8 Å². The van der Waals surface area contributed by atoms with Gasteiger partial charge in [0.15, 0.2) is 5.82 Å². The molecule has 0 N–H and O–H groups in total. The molecule has 0 atom stereocenters. The van der Waals surface area contributed by atoms with E-state index < -0.39 is 0 Å². The average molecular weight is 717 g/mol. The van der Waals surface area contributed by atoms with Gasteiger partial charge in [0.2, 0.25) is 0 Å². The first-order chi connectivity index (χ1) is 27.7. The van der Waals surface area contributed by atoms with Crippen molar-refractivity contribution in [2.75, 3.05) is 0 Å². The van der Waals surface area contributed by atoms with Crippen LogP contribution in [0.1, 0.15) is 0 Å². The van der Waals surface area contributed by atoms with Gasteiger partial charge in [-0.2, -0.15) is 0 Å². The normalized spacial score (nSPS) is 11.6. The second-order valence-corrected chi connectivity index (χ2v) is 14.1. The lowest BCUT2D eigenvalue weighted by Crippen LogP contribution is -1.96. The van der Waals surface area contributed by atoms with Crippen LogP contribution in [0.2, 0.25) is 0 Å². The highest BCUT2D eigenvalue weighted by Gasteiger charge is 2.20. The van der Waals surface area contributed by atoms with E-state index in [0.29, 0.717) is 5.82 Å². The maximum Gasteiger partial charge on any atom is 0.160 e. The summed E-state index contributed by atoms with van der Waals surface area (Å²) < 4.78 is 13.2. The summed E-state index contributed by atoms with van der Waals surface area (Å²) in [5.74, 6) is 0.687. The summed E-state index contributed by atoms with van der Waals surface area (Å²) >= 11 is 0. The largest absolute Gasteiger partial charge is 0.455 e. The van der Waals surface area contributed by atoms with Crippen molar-refractivity contribution >= 4 is 43.9 Å². The van der Waals surface area contributed by atoms with E-state index in [-0.39, 0.29) is 0 Å². The number of aromatic nitrogens is 2. The Morgan fingerprint density at radius 2 is 0.786 bits per heavy atom. The number of para-hydroxylation sites is 3. The molecule has 4 heteroatoms. The van der Waals surface area contributed by atoms with Crippen LogP contribution in [0.5, 0.6) is 0 Å². The monoisotopic (exact) mass is 716 g/mol. The number of nitrogens with zero attached hydrogens (tertiary/aromatic N) is 2. The lowest BCUT2D eigenvalue weighted by molar-refractivity contribution is 0.665. The van der Waals surface area contributed by atoms with Gasteiger partial charge in [-0.25, -0.2) is 9.97 Å². The molecule has 11 rings (SSSR count). The topological polar surface area (TPSA) is 52.1 Å². The van der Waals surface area contributed by atoms with Crippen molar-refractivity contribution in [2.45, 2.75) is 0 Å². The predicted octanol–water partition coefficient (Wildman–Crippen LogP) is 14.3. The first kappa shape index (κ1) is 31.9. The molecule has 3 heterocycles. The Morgan fingerprint density at radius 1 is 0.304 bits per heavy atom. The number of furan rings is 2. The van der Waals surface area contributed by atoms with Crippen LogP contribution < -0.4 is 0 Å². The van der Waals surface area contributed by atoms with Crippen LogP contribution in [0.3, 0.4) is 0 Å². The zero-order chi connectivity index (χ0) is 37.0. The van der Waals surface area contributed by atoms with Crippen LogP contribution in [0, 0.1) is 0 Å². The Bertz CT molecular complexity index is 3220. The Hall–Kier alpha value is -7.56. The molecule has 0 amide bonds. The third-order valence-corrected chi connectivity index (χ3v) is 10.8. The van der Waals surface area contributed by atoms with Crippen LogP contribution >= 0.6 is 0 Å². The number of hydrogen-bond donors (Lipinski definition) is 0. The third-order valence-electron chi connectivity index (χ3n) is 10.8. The van der Waals surface area contributed by atoms with E-state index in [0.717, 1.165) is 99.8 Å². The molecule has 0 aliphatic rings. The minimum Gasteiger partial charge on any atom is -0.455 e. The maximum atomic E-state index is 6.70. The SMILES string of the molecule is c1ccc(-c2ccc(-c3nc(-c4ccccc4)cc(-c4ccc(-c5ccc(-c6cccc7c6oc6ccccc67)c6oc7ccccc7c56)cc4)n3)cc2)cc1. The summed E-state index contributed by atoms with van der Waals surface area (Å²) in [6.45, 7) is 0. The predicted molar refractivity (Wildman–Crippen MR) is 229 cm³/mol. The van der Waals surface area contributed by atoms with Crippen molar-refractivity contribution < 1.29 is 8.83 Å². The van der Waals surface area contributed by atoms with E-state index in [1.807, 2.05) is 48.5 Å². The molecule has 0 saturated carbocycles. The highest BCUT2D eigenvalue weighted by Crippen LogP contribution is 2.45. The zero-order valence-electron chi connectivity index (χ0n) is 30.2. The van der Waals surface area contributed by atoms with Crippen molar-refractivity contribution in [1.82, 2.24) is 9.97 Å². The summed E-state index contributed by atoms with van der Waals surface area (Å²) in [7, 11) is 0. The van der Waals surface area contributed by atoms with Gasteiger partial charge in [-0.05, 0) is 46.5 Å². The molecular weight excluding hydrogens is 685 g/mol. The molecule has 0 fully saturated rings. The van der Waals surface area contributed by atoms with Crippen molar-refractivity contribution in [1.29, 1.82) is 0 Å². The third kappa shape index (κ3) is 5.39. The smallest absolute Gasteiger partial charge is 0.160 e. The number of hydrogen-bond acceptors (Lipinski definition) is 4. The highest BCUT2D eigenvalue weighted by molar-refractivity contribution is 6.18. The van der Waals surface area contributed by atoms with Crippen molar-refractivity contribution in [3.63, 3.8) is 0 Å². The Kier molecular flexibility index (Phi) is 7.46. The molecule has 56 heavy (non-hydrogen) atoms. The molecule has 11 aromatic rings. The van der Waals surface area contributed by atoms with Gasteiger partial charge in [-0.1, -0.05) is 170 Å². The molecular formula is C52H32N2O2. The van der Waals surface area contributed by atoms with Gasteiger partial charge in [0.1, 0.15) is 22.3 Å². The summed E-state index contributed by atoms with van der Waals surface area (Å²) in [4.78, 5) is 10.2. The second kappa shape index (κ2) is 13.1. The molecule has 0 saturated heterocycles. The maximum absolute atomic E-state index is 6.70. The van der Waals surface area contributed by atoms with Crippen LogP contribution in [0.25, 0.3) is 111 Å².